The summed E-state index contributed by atoms with van der Waals surface area (Å²) in [6.07, 6.45) is 8.80. The van der Waals surface area contributed by atoms with Gasteiger partial charge in [0.2, 0.25) is 0 Å². The lowest BCUT2D eigenvalue weighted by atomic mass is 9.90. The molecule has 0 spiro atoms. The van der Waals surface area contributed by atoms with Crippen molar-refractivity contribution >= 4 is 16.7 Å². The number of nitrogens with one attached hydrogen (secondary N) is 2. The fourth-order valence-corrected chi connectivity index (χ4v) is 3.75. The van der Waals surface area contributed by atoms with E-state index in [0.717, 1.165) is 44.7 Å². The van der Waals surface area contributed by atoms with Crippen molar-refractivity contribution in [1.29, 1.82) is 0 Å². The van der Waals surface area contributed by atoms with Gasteiger partial charge in [0.15, 0.2) is 0 Å². The van der Waals surface area contributed by atoms with E-state index in [4.69, 9.17) is 0 Å². The van der Waals surface area contributed by atoms with Crippen LogP contribution in [-0.4, -0.2) is 38.7 Å². The van der Waals surface area contributed by atoms with Crippen LogP contribution >= 0.6 is 0 Å². The second-order valence-corrected chi connectivity index (χ2v) is 6.95. The molecule has 3 aromatic rings. The van der Waals surface area contributed by atoms with Gasteiger partial charge in [-0.3, -0.25) is 9.69 Å². The van der Waals surface area contributed by atoms with Crippen LogP contribution in [0.3, 0.4) is 0 Å². The van der Waals surface area contributed by atoms with Crippen molar-refractivity contribution in [2.24, 2.45) is 5.92 Å². The molecule has 0 aliphatic carbocycles. The SMILES string of the molecule is O=C(CCc1ncc[nH]1)C1CCN(Cc2ccc3[nH]ccc3c2)CC1. The summed E-state index contributed by atoms with van der Waals surface area (Å²) in [5, 5.41) is 1.26. The van der Waals surface area contributed by atoms with Gasteiger partial charge >= 0.3 is 0 Å². The largest absolute Gasteiger partial charge is 0.361 e. The maximum Gasteiger partial charge on any atom is 0.136 e. The van der Waals surface area contributed by atoms with Crippen molar-refractivity contribution in [2.75, 3.05) is 13.1 Å². The molecule has 5 heteroatoms. The van der Waals surface area contributed by atoms with Crippen LogP contribution in [0.25, 0.3) is 10.9 Å². The zero-order valence-corrected chi connectivity index (χ0v) is 14.4. The monoisotopic (exact) mass is 336 g/mol. The van der Waals surface area contributed by atoms with Crippen LogP contribution in [0.2, 0.25) is 0 Å². The first kappa shape index (κ1) is 16.1. The molecule has 5 nitrogen and oxygen atoms in total. The quantitative estimate of drug-likeness (QED) is 0.726. The van der Waals surface area contributed by atoms with Crippen molar-refractivity contribution in [2.45, 2.75) is 32.2 Å². The molecule has 0 atom stereocenters. The number of imidazole rings is 1. The van der Waals surface area contributed by atoms with E-state index in [1.807, 2.05) is 12.4 Å². The number of aromatic amines is 2. The lowest BCUT2D eigenvalue weighted by molar-refractivity contribution is -0.124. The van der Waals surface area contributed by atoms with Gasteiger partial charge in [-0.05, 0) is 55.1 Å². The van der Waals surface area contributed by atoms with Crippen LogP contribution in [0.15, 0.2) is 42.9 Å². The molecule has 1 saturated heterocycles. The molecule has 2 aromatic heterocycles. The molecule has 0 bridgehead atoms. The van der Waals surface area contributed by atoms with Gasteiger partial charge in [-0.1, -0.05) is 6.07 Å². The average Bonchev–Trinajstić information content (AvgIpc) is 3.31. The van der Waals surface area contributed by atoms with E-state index in [-0.39, 0.29) is 5.92 Å². The lowest BCUT2D eigenvalue weighted by Crippen LogP contribution is -2.36. The number of aromatic nitrogens is 3. The van der Waals surface area contributed by atoms with Gasteiger partial charge in [0.25, 0.3) is 0 Å². The van der Waals surface area contributed by atoms with Crippen LogP contribution in [0.1, 0.15) is 30.7 Å². The fraction of sp³-hybridized carbons (Fsp3) is 0.400. The molecule has 1 aliphatic rings. The van der Waals surface area contributed by atoms with Crippen LogP contribution in [0.4, 0.5) is 0 Å². The Morgan fingerprint density at radius 2 is 2.04 bits per heavy atom. The number of carbonyl (C=O) groups is 1. The smallest absolute Gasteiger partial charge is 0.136 e. The number of piperidine rings is 1. The summed E-state index contributed by atoms with van der Waals surface area (Å²) < 4.78 is 0. The van der Waals surface area contributed by atoms with Gasteiger partial charge in [-0.2, -0.15) is 0 Å². The van der Waals surface area contributed by atoms with Crippen LogP contribution in [0.5, 0.6) is 0 Å². The summed E-state index contributed by atoms with van der Waals surface area (Å²) in [4.78, 5) is 25.4. The summed E-state index contributed by atoms with van der Waals surface area (Å²) >= 11 is 0. The third kappa shape index (κ3) is 3.82. The number of nitrogens with zero attached hydrogens (tertiary/aromatic N) is 2. The Morgan fingerprint density at radius 1 is 1.16 bits per heavy atom. The third-order valence-electron chi connectivity index (χ3n) is 5.23. The highest BCUT2D eigenvalue weighted by Gasteiger charge is 2.24. The minimum absolute atomic E-state index is 0.221. The number of carbonyl (C=O) groups excluding carboxylic acids is 1. The Balaban J connectivity index is 1.26. The molecule has 0 unspecified atom stereocenters. The fourth-order valence-electron chi connectivity index (χ4n) is 3.75. The topological polar surface area (TPSA) is 64.8 Å². The number of hydrogen-bond donors (Lipinski definition) is 2. The average molecular weight is 336 g/mol. The van der Waals surface area contributed by atoms with Gasteiger partial charge in [0, 0.05) is 49.4 Å². The van der Waals surface area contributed by atoms with Crippen LogP contribution in [-0.2, 0) is 17.8 Å². The Kier molecular flexibility index (Phi) is 4.65. The van der Waals surface area contributed by atoms with E-state index in [9.17, 15) is 4.79 Å². The van der Waals surface area contributed by atoms with Gasteiger partial charge in [-0.25, -0.2) is 4.98 Å². The number of ketones is 1. The van der Waals surface area contributed by atoms with Crippen molar-refractivity contribution in [3.63, 3.8) is 0 Å². The van der Waals surface area contributed by atoms with E-state index in [2.05, 4.69) is 44.1 Å². The second kappa shape index (κ2) is 7.23. The summed E-state index contributed by atoms with van der Waals surface area (Å²) in [5.41, 5.74) is 2.53. The molecule has 1 fully saturated rings. The van der Waals surface area contributed by atoms with Crippen molar-refractivity contribution in [3.8, 4) is 0 Å². The number of Topliss-reactive ketones (excluding diaryl/α,β-unsaturated/α-hetero) is 1. The third-order valence-corrected chi connectivity index (χ3v) is 5.23. The Morgan fingerprint density at radius 3 is 2.84 bits per heavy atom. The molecule has 0 amide bonds. The summed E-state index contributed by atoms with van der Waals surface area (Å²) in [6.45, 7) is 2.97. The molecule has 4 rings (SSSR count). The van der Waals surface area contributed by atoms with Gasteiger partial charge in [0.1, 0.15) is 11.6 Å². The zero-order chi connectivity index (χ0) is 17.1. The summed E-state index contributed by atoms with van der Waals surface area (Å²) in [5.74, 6) is 1.52. The molecule has 2 N–H and O–H groups in total. The summed E-state index contributed by atoms with van der Waals surface area (Å²) in [7, 11) is 0. The van der Waals surface area contributed by atoms with E-state index >= 15 is 0 Å². The van der Waals surface area contributed by atoms with Crippen molar-refractivity contribution in [1.82, 2.24) is 19.9 Å². The number of fused-ring (bicyclic) bond motifs is 1. The molecular formula is C20H24N4O. The van der Waals surface area contributed by atoms with Gasteiger partial charge in [-0.15, -0.1) is 0 Å². The Hall–Kier alpha value is -2.40. The van der Waals surface area contributed by atoms with Crippen LogP contribution < -0.4 is 0 Å². The maximum absolute atomic E-state index is 12.4. The van der Waals surface area contributed by atoms with Gasteiger partial charge in [0.05, 0.1) is 0 Å². The first-order valence-electron chi connectivity index (χ1n) is 9.07. The highest BCUT2D eigenvalue weighted by molar-refractivity contribution is 5.81. The van der Waals surface area contributed by atoms with E-state index < -0.39 is 0 Å². The van der Waals surface area contributed by atoms with Crippen LogP contribution in [0, 0.1) is 5.92 Å². The number of rotatable bonds is 6. The highest BCUT2D eigenvalue weighted by atomic mass is 16.1. The number of H-pyrrole nitrogens is 2. The Labute approximate surface area is 147 Å². The second-order valence-electron chi connectivity index (χ2n) is 6.95. The van der Waals surface area contributed by atoms with Crippen molar-refractivity contribution in [3.05, 3.63) is 54.2 Å². The first-order valence-corrected chi connectivity index (χ1v) is 9.07. The van der Waals surface area contributed by atoms with E-state index in [1.165, 1.54) is 16.5 Å². The number of benzene rings is 1. The molecule has 1 aliphatic heterocycles. The molecule has 0 saturated carbocycles. The van der Waals surface area contributed by atoms with E-state index in [1.54, 1.807) is 6.20 Å². The highest BCUT2D eigenvalue weighted by Crippen LogP contribution is 2.22. The zero-order valence-electron chi connectivity index (χ0n) is 14.4. The predicted molar refractivity (Wildman–Crippen MR) is 98.2 cm³/mol. The molecule has 1 aromatic carbocycles. The number of hydrogen-bond acceptors (Lipinski definition) is 3. The number of likely N-dealkylation sites (tertiary alicyclic amines) is 1. The van der Waals surface area contributed by atoms with Crippen molar-refractivity contribution < 1.29 is 4.79 Å². The maximum atomic E-state index is 12.4. The summed E-state index contributed by atoms with van der Waals surface area (Å²) in [6, 6.07) is 8.71. The molecule has 3 heterocycles. The lowest BCUT2D eigenvalue weighted by Gasteiger charge is -2.31. The first-order chi connectivity index (χ1) is 12.3. The normalized spacial score (nSPS) is 16.5. The predicted octanol–water partition coefficient (Wildman–Crippen LogP) is 3.30. The molecular weight excluding hydrogens is 312 g/mol. The Bertz CT molecular complexity index is 828. The minimum Gasteiger partial charge on any atom is -0.361 e. The number of aryl methyl sites for hydroxylation is 1. The molecule has 0 radical (unpaired) electrons. The van der Waals surface area contributed by atoms with E-state index in [0.29, 0.717) is 12.2 Å². The molecule has 25 heavy (non-hydrogen) atoms. The standard InChI is InChI=1S/C20H24N4O/c25-19(3-4-20-22-9-10-23-20)16-6-11-24(12-7-16)14-15-1-2-18-17(13-15)5-8-21-18/h1-2,5,8-10,13,16,21H,3-4,6-7,11-12,14H2,(H,22,23). The van der Waals surface area contributed by atoms with Gasteiger partial charge < -0.3 is 9.97 Å². The minimum atomic E-state index is 0.221. The molecule has 130 valence electrons.